The second-order valence-electron chi connectivity index (χ2n) is 3.82. The van der Waals surface area contributed by atoms with Crippen LogP contribution in [0.4, 0.5) is 5.82 Å². The molecule has 0 bridgehead atoms. The maximum absolute atomic E-state index is 10.4. The highest BCUT2D eigenvalue weighted by Crippen LogP contribution is 2.08. The molecule has 1 aromatic carbocycles. The number of rotatable bonds is 5. The van der Waals surface area contributed by atoms with Crippen LogP contribution in [0.2, 0.25) is 0 Å². The summed E-state index contributed by atoms with van der Waals surface area (Å²) >= 11 is 0. The standard InChI is InChI=1S/C12H13N3O2/c16-15(17)12-9-14(10-13-12)8-4-7-11-5-2-1-3-6-11/h1-3,5-6,9-10H,4,7-8H2. The third-order valence-corrected chi connectivity index (χ3v) is 2.53. The Hall–Kier alpha value is -2.17. The molecule has 0 aliphatic rings. The molecule has 17 heavy (non-hydrogen) atoms. The Morgan fingerprint density at radius 2 is 2.06 bits per heavy atom. The molecule has 0 aliphatic carbocycles. The molecular formula is C12H13N3O2. The molecule has 88 valence electrons. The van der Waals surface area contributed by atoms with Crippen molar-refractivity contribution in [2.45, 2.75) is 19.4 Å². The van der Waals surface area contributed by atoms with Gasteiger partial charge in [-0.15, -0.1) is 0 Å². The number of nitrogens with zero attached hydrogens (tertiary/aromatic N) is 3. The van der Waals surface area contributed by atoms with Gasteiger partial charge in [-0.2, -0.15) is 0 Å². The summed E-state index contributed by atoms with van der Waals surface area (Å²) in [6.07, 6.45) is 4.87. The van der Waals surface area contributed by atoms with Gasteiger partial charge in [-0.25, -0.2) is 0 Å². The number of aryl methyl sites for hydroxylation is 2. The van der Waals surface area contributed by atoms with E-state index >= 15 is 0 Å². The number of nitro groups is 1. The monoisotopic (exact) mass is 231 g/mol. The molecule has 0 N–H and O–H groups in total. The minimum absolute atomic E-state index is 0.0929. The summed E-state index contributed by atoms with van der Waals surface area (Å²) in [7, 11) is 0. The van der Waals surface area contributed by atoms with Crippen molar-refractivity contribution in [3.63, 3.8) is 0 Å². The molecule has 2 aromatic rings. The molecule has 1 aromatic heterocycles. The molecule has 5 nitrogen and oxygen atoms in total. The lowest BCUT2D eigenvalue weighted by atomic mass is 10.1. The highest BCUT2D eigenvalue weighted by atomic mass is 16.6. The molecular weight excluding hydrogens is 218 g/mol. The van der Waals surface area contributed by atoms with Gasteiger partial charge in [0.1, 0.15) is 6.20 Å². The molecule has 0 radical (unpaired) electrons. The number of imidazole rings is 1. The van der Waals surface area contributed by atoms with E-state index in [-0.39, 0.29) is 5.82 Å². The Morgan fingerprint density at radius 1 is 1.29 bits per heavy atom. The summed E-state index contributed by atoms with van der Waals surface area (Å²) in [6.45, 7) is 0.746. The second kappa shape index (κ2) is 5.25. The fourth-order valence-corrected chi connectivity index (χ4v) is 1.68. The molecule has 0 unspecified atom stereocenters. The van der Waals surface area contributed by atoms with E-state index in [1.807, 2.05) is 18.2 Å². The van der Waals surface area contributed by atoms with Crippen molar-refractivity contribution in [2.24, 2.45) is 0 Å². The highest BCUT2D eigenvalue weighted by molar-refractivity contribution is 5.15. The van der Waals surface area contributed by atoms with Crippen molar-refractivity contribution < 1.29 is 4.92 Å². The Labute approximate surface area is 98.9 Å². The van der Waals surface area contributed by atoms with E-state index in [1.54, 1.807) is 4.57 Å². The second-order valence-corrected chi connectivity index (χ2v) is 3.82. The number of aromatic nitrogens is 2. The Bertz CT molecular complexity index is 493. The molecule has 0 aliphatic heterocycles. The third-order valence-electron chi connectivity index (χ3n) is 2.53. The van der Waals surface area contributed by atoms with Gasteiger partial charge in [0, 0.05) is 6.54 Å². The van der Waals surface area contributed by atoms with Crippen LogP contribution in [-0.4, -0.2) is 14.5 Å². The van der Waals surface area contributed by atoms with E-state index in [4.69, 9.17) is 0 Å². The summed E-state index contributed by atoms with van der Waals surface area (Å²) < 4.78 is 1.75. The van der Waals surface area contributed by atoms with Crippen LogP contribution in [0.25, 0.3) is 0 Å². The first-order valence-corrected chi connectivity index (χ1v) is 5.46. The van der Waals surface area contributed by atoms with Crippen molar-refractivity contribution in [3.05, 3.63) is 58.5 Å². The number of hydrogen-bond donors (Lipinski definition) is 0. The summed E-state index contributed by atoms with van der Waals surface area (Å²) in [5, 5.41) is 10.4. The van der Waals surface area contributed by atoms with Crippen LogP contribution < -0.4 is 0 Å². The molecule has 0 fully saturated rings. The maximum Gasteiger partial charge on any atom is 0.381 e. The minimum Gasteiger partial charge on any atom is -0.358 e. The van der Waals surface area contributed by atoms with Gasteiger partial charge in [-0.05, 0) is 28.3 Å². The molecule has 0 saturated heterocycles. The van der Waals surface area contributed by atoms with Crippen LogP contribution in [0.5, 0.6) is 0 Å². The van der Waals surface area contributed by atoms with Crippen molar-refractivity contribution in [1.82, 2.24) is 9.55 Å². The first-order chi connectivity index (χ1) is 8.25. The van der Waals surface area contributed by atoms with Crippen LogP contribution in [-0.2, 0) is 13.0 Å². The molecule has 5 heteroatoms. The Kier molecular flexibility index (Phi) is 3.49. The highest BCUT2D eigenvalue weighted by Gasteiger charge is 2.08. The van der Waals surface area contributed by atoms with Crippen molar-refractivity contribution in [3.8, 4) is 0 Å². The van der Waals surface area contributed by atoms with Gasteiger partial charge in [-0.1, -0.05) is 30.3 Å². The largest absolute Gasteiger partial charge is 0.381 e. The first-order valence-electron chi connectivity index (χ1n) is 5.46. The first kappa shape index (κ1) is 11.3. The smallest absolute Gasteiger partial charge is 0.358 e. The minimum atomic E-state index is -0.478. The van der Waals surface area contributed by atoms with Gasteiger partial charge in [0.25, 0.3) is 0 Å². The van der Waals surface area contributed by atoms with Gasteiger partial charge in [0.15, 0.2) is 0 Å². The Balaban J connectivity index is 1.84. The lowest BCUT2D eigenvalue weighted by Gasteiger charge is -2.01. The summed E-state index contributed by atoms with van der Waals surface area (Å²) in [5.74, 6) is -0.0929. The van der Waals surface area contributed by atoms with E-state index < -0.39 is 4.92 Å². The number of hydrogen-bond acceptors (Lipinski definition) is 3. The number of benzene rings is 1. The zero-order valence-electron chi connectivity index (χ0n) is 9.32. The van der Waals surface area contributed by atoms with Gasteiger partial charge < -0.3 is 14.7 Å². The Morgan fingerprint density at radius 3 is 2.71 bits per heavy atom. The van der Waals surface area contributed by atoms with E-state index in [9.17, 15) is 10.1 Å². The van der Waals surface area contributed by atoms with E-state index in [2.05, 4.69) is 17.1 Å². The van der Waals surface area contributed by atoms with Crippen LogP contribution in [0.15, 0.2) is 42.9 Å². The maximum atomic E-state index is 10.4. The molecule has 1 heterocycles. The van der Waals surface area contributed by atoms with Crippen LogP contribution in [0, 0.1) is 10.1 Å². The summed E-state index contributed by atoms with van der Waals surface area (Å²) in [6, 6.07) is 10.2. The summed E-state index contributed by atoms with van der Waals surface area (Å²) in [5.41, 5.74) is 1.28. The van der Waals surface area contributed by atoms with Crippen LogP contribution >= 0.6 is 0 Å². The average Bonchev–Trinajstić information content (AvgIpc) is 2.79. The summed E-state index contributed by atoms with van der Waals surface area (Å²) in [4.78, 5) is 13.7. The van der Waals surface area contributed by atoms with Crippen molar-refractivity contribution >= 4 is 5.82 Å². The van der Waals surface area contributed by atoms with Gasteiger partial charge in [-0.3, -0.25) is 0 Å². The van der Waals surface area contributed by atoms with Crippen molar-refractivity contribution in [1.29, 1.82) is 0 Å². The van der Waals surface area contributed by atoms with E-state index in [0.29, 0.717) is 0 Å². The SMILES string of the molecule is O=[N+]([O-])c1cn(CCCc2ccccc2)cn1. The van der Waals surface area contributed by atoms with Gasteiger partial charge in [0.2, 0.25) is 6.33 Å². The molecule has 0 amide bonds. The third kappa shape index (κ3) is 3.14. The van der Waals surface area contributed by atoms with Crippen molar-refractivity contribution in [2.75, 3.05) is 0 Å². The lowest BCUT2D eigenvalue weighted by Crippen LogP contribution is -1.96. The molecule has 2 rings (SSSR count). The zero-order valence-corrected chi connectivity index (χ0v) is 9.32. The normalized spacial score (nSPS) is 10.4. The fraction of sp³-hybridized carbons (Fsp3) is 0.250. The van der Waals surface area contributed by atoms with Gasteiger partial charge in [0.05, 0.1) is 0 Å². The molecule has 0 saturated carbocycles. The average molecular weight is 231 g/mol. The topological polar surface area (TPSA) is 61.0 Å². The molecule has 0 atom stereocenters. The predicted molar refractivity (Wildman–Crippen MR) is 63.6 cm³/mol. The van der Waals surface area contributed by atoms with E-state index in [0.717, 1.165) is 19.4 Å². The quantitative estimate of drug-likeness (QED) is 0.586. The van der Waals surface area contributed by atoms with E-state index in [1.165, 1.54) is 18.1 Å². The van der Waals surface area contributed by atoms with Crippen LogP contribution in [0.3, 0.4) is 0 Å². The van der Waals surface area contributed by atoms with Gasteiger partial charge >= 0.3 is 5.82 Å². The lowest BCUT2D eigenvalue weighted by molar-refractivity contribution is -0.389. The fourth-order valence-electron chi connectivity index (χ4n) is 1.68. The zero-order chi connectivity index (χ0) is 12.1. The van der Waals surface area contributed by atoms with Crippen LogP contribution in [0.1, 0.15) is 12.0 Å². The molecule has 0 spiro atoms. The predicted octanol–water partition coefficient (Wildman–Crippen LogP) is 2.42.